The van der Waals surface area contributed by atoms with Gasteiger partial charge in [0.25, 0.3) is 11.4 Å². The first-order valence-corrected chi connectivity index (χ1v) is 12.2. The molecule has 0 amide bonds. The van der Waals surface area contributed by atoms with Gasteiger partial charge < -0.3 is 28.9 Å². The molecule has 1 aromatic heterocycles. The highest BCUT2D eigenvalue weighted by Gasteiger charge is 2.63. The van der Waals surface area contributed by atoms with Gasteiger partial charge in [0.1, 0.15) is 30.1 Å². The number of benzene rings is 1. The van der Waals surface area contributed by atoms with Gasteiger partial charge in [0, 0.05) is 12.3 Å². The summed E-state index contributed by atoms with van der Waals surface area (Å²) in [6.07, 6.45) is -2.96. The van der Waals surface area contributed by atoms with Crippen LogP contribution in [0.3, 0.4) is 0 Å². The van der Waals surface area contributed by atoms with Crippen LogP contribution in [-0.4, -0.2) is 68.8 Å². The molecule has 13 nitrogen and oxygen atoms in total. The fraction of sp³-hybridized carbons (Fsp3) is 0.522. The zero-order valence-electron chi connectivity index (χ0n) is 21.2. The predicted octanol–water partition coefficient (Wildman–Crippen LogP) is 1.02. The number of ether oxygens (including phenoxy) is 3. The molecule has 1 aromatic carbocycles. The number of para-hydroxylation sites is 1. The second-order valence-corrected chi connectivity index (χ2v) is 9.12. The molecule has 2 heterocycles. The van der Waals surface area contributed by atoms with Crippen LogP contribution in [0.5, 0.6) is 5.75 Å². The first kappa shape index (κ1) is 31.2. The Morgan fingerprint density at radius 3 is 2.50 bits per heavy atom. The number of aromatic nitrogens is 2. The molecule has 1 saturated heterocycles. The highest BCUT2D eigenvalue weighted by molar-refractivity contribution is 7.17. The lowest BCUT2D eigenvalue weighted by molar-refractivity contribution is -0.217. The average molecular weight is 559 g/mol. The summed E-state index contributed by atoms with van der Waals surface area (Å²) in [6.45, 7) is 4.93. The van der Waals surface area contributed by atoms with E-state index in [0.29, 0.717) is 5.75 Å². The summed E-state index contributed by atoms with van der Waals surface area (Å²) >= 11 is 0. The summed E-state index contributed by atoms with van der Waals surface area (Å²) in [5, 5.41) is 23.4. The minimum absolute atomic E-state index is 0.276. The lowest BCUT2D eigenvalue weighted by atomic mass is 9.95. The normalized spacial score (nSPS) is 25.5. The lowest BCUT2D eigenvalue weighted by Gasteiger charge is -2.27. The van der Waals surface area contributed by atoms with Crippen molar-refractivity contribution >= 4 is 14.7 Å². The van der Waals surface area contributed by atoms with Gasteiger partial charge in [-0.15, -0.1) is 0 Å². The number of alkyl halides is 1. The molecular formula is C23H31FN3O10P. The third-order valence-electron chi connectivity index (χ3n) is 5.25. The van der Waals surface area contributed by atoms with E-state index in [1.54, 1.807) is 26.0 Å². The van der Waals surface area contributed by atoms with E-state index in [-0.39, 0.29) is 21.5 Å². The van der Waals surface area contributed by atoms with Gasteiger partial charge >= 0.3 is 20.3 Å². The number of nitrogens with zero attached hydrogens (tertiary/aromatic N) is 1. The van der Waals surface area contributed by atoms with Crippen LogP contribution >= 0.6 is 8.69 Å². The number of aliphatic hydroxyl groups is 2. The van der Waals surface area contributed by atoms with Crippen LogP contribution in [-0.2, 0) is 23.6 Å². The largest absolute Gasteiger partial charge is 0.462 e. The van der Waals surface area contributed by atoms with Crippen molar-refractivity contribution in [1.29, 1.82) is 0 Å². The standard InChI is InChI=1S/C17H26FN3O8.C6H5O2P/c1-9(2)28-12(23)10(3)19-8-27-7-17(18)13(24)16(4,26)14(29-17)21-6-5-11(22)20-15(21)25;7-9-8-6-4-2-1-3-5-6/h5-6,9-10,13-14,19,24,26H,7-8H2,1-4H3,(H,20,22,25);1-5H/t10?,13-,14+,16+,17+;/m0./s1. The molecule has 3 rings (SSSR count). The number of nitrogens with one attached hydrogen (secondary N) is 2. The molecule has 1 fully saturated rings. The SMILES string of the molecule is CC(C)OC(=O)C(C)NCOC[C@@]1(F)O[C@@H](n2ccc(=O)[nH]c2=O)[C@](C)(O)[C@@H]1O.O=POc1ccccc1. The van der Waals surface area contributed by atoms with E-state index in [2.05, 4.69) is 9.84 Å². The van der Waals surface area contributed by atoms with Crippen LogP contribution in [0.25, 0.3) is 0 Å². The number of rotatable bonds is 10. The topological polar surface area (TPSA) is 178 Å². The highest BCUT2D eigenvalue weighted by Crippen LogP contribution is 2.44. The summed E-state index contributed by atoms with van der Waals surface area (Å²) in [5.41, 5.74) is -3.84. The Labute approximate surface area is 218 Å². The number of esters is 1. The fourth-order valence-electron chi connectivity index (χ4n) is 3.32. The smallest absolute Gasteiger partial charge is 0.395 e. The van der Waals surface area contributed by atoms with E-state index in [1.807, 2.05) is 23.2 Å². The van der Waals surface area contributed by atoms with Crippen LogP contribution in [0.4, 0.5) is 4.39 Å². The molecule has 0 saturated carbocycles. The Morgan fingerprint density at radius 1 is 1.26 bits per heavy atom. The van der Waals surface area contributed by atoms with E-state index in [9.17, 15) is 29.2 Å². The molecule has 1 unspecified atom stereocenters. The maximum Gasteiger partial charge on any atom is 0.395 e. The number of carbonyl (C=O) groups is 1. The predicted molar refractivity (Wildman–Crippen MR) is 131 cm³/mol. The minimum atomic E-state index is -2.85. The lowest BCUT2D eigenvalue weighted by Crippen LogP contribution is -2.50. The molecule has 210 valence electrons. The zero-order chi connectivity index (χ0) is 28.5. The number of H-pyrrole nitrogens is 1. The van der Waals surface area contributed by atoms with E-state index in [4.69, 9.17) is 14.2 Å². The molecule has 0 bridgehead atoms. The van der Waals surface area contributed by atoms with Crippen LogP contribution in [0.2, 0.25) is 0 Å². The number of aromatic amines is 1. The Morgan fingerprint density at radius 2 is 1.92 bits per heavy atom. The zero-order valence-corrected chi connectivity index (χ0v) is 22.1. The van der Waals surface area contributed by atoms with Gasteiger partial charge in [-0.3, -0.25) is 24.5 Å². The maximum absolute atomic E-state index is 15.1. The molecule has 2 aromatic rings. The summed E-state index contributed by atoms with van der Waals surface area (Å²) in [6, 6.07) is 9.26. The number of carbonyl (C=O) groups excluding carboxylic acids is 1. The Balaban J connectivity index is 0.000000474. The minimum Gasteiger partial charge on any atom is -0.462 e. The van der Waals surface area contributed by atoms with Crippen molar-refractivity contribution in [2.45, 2.75) is 63.6 Å². The van der Waals surface area contributed by atoms with Crippen molar-refractivity contribution in [2.24, 2.45) is 0 Å². The van der Waals surface area contributed by atoms with Crippen LogP contribution in [0.15, 0.2) is 52.2 Å². The van der Waals surface area contributed by atoms with Crippen molar-refractivity contribution < 1.29 is 42.7 Å². The third kappa shape index (κ3) is 8.25. The van der Waals surface area contributed by atoms with E-state index >= 15 is 4.39 Å². The van der Waals surface area contributed by atoms with Gasteiger partial charge in [-0.05, 0) is 39.8 Å². The molecule has 1 aliphatic heterocycles. The number of hydrogen-bond donors (Lipinski definition) is 4. The first-order chi connectivity index (χ1) is 17.8. The molecule has 5 atom stereocenters. The quantitative estimate of drug-likeness (QED) is 0.141. The van der Waals surface area contributed by atoms with E-state index < -0.39 is 53.7 Å². The van der Waals surface area contributed by atoms with E-state index in [1.165, 1.54) is 6.92 Å². The number of halogens is 1. The summed E-state index contributed by atoms with van der Waals surface area (Å²) in [4.78, 5) is 36.8. The molecule has 15 heteroatoms. The van der Waals surface area contributed by atoms with Crippen LogP contribution < -0.4 is 21.1 Å². The molecular weight excluding hydrogens is 528 g/mol. The molecule has 1 aliphatic rings. The molecule has 0 aliphatic carbocycles. The first-order valence-electron chi connectivity index (χ1n) is 11.5. The molecule has 38 heavy (non-hydrogen) atoms. The molecule has 0 spiro atoms. The monoisotopic (exact) mass is 559 g/mol. The fourth-order valence-corrected chi connectivity index (χ4v) is 3.53. The van der Waals surface area contributed by atoms with Gasteiger partial charge in [0.2, 0.25) is 0 Å². The van der Waals surface area contributed by atoms with Crippen LogP contribution in [0.1, 0.15) is 33.9 Å². The van der Waals surface area contributed by atoms with Crippen LogP contribution in [0, 0.1) is 0 Å². The summed E-state index contributed by atoms with van der Waals surface area (Å²) in [7, 11) is -0.305. The average Bonchev–Trinajstić information content (AvgIpc) is 3.03. The van der Waals surface area contributed by atoms with Gasteiger partial charge in [-0.2, -0.15) is 0 Å². The Hall–Kier alpha value is -3.00. The van der Waals surface area contributed by atoms with Gasteiger partial charge in [-0.1, -0.05) is 18.2 Å². The Bertz CT molecular complexity index is 1180. The third-order valence-corrected chi connectivity index (χ3v) is 5.54. The van der Waals surface area contributed by atoms with Crippen molar-refractivity contribution in [2.75, 3.05) is 13.3 Å². The second kappa shape index (κ2) is 13.7. The Kier molecular flexibility index (Phi) is 11.2. The summed E-state index contributed by atoms with van der Waals surface area (Å²) in [5.74, 6) is -2.75. The number of aliphatic hydroxyl groups excluding tert-OH is 1. The number of hydrogen-bond acceptors (Lipinski definition) is 11. The second-order valence-electron chi connectivity index (χ2n) is 8.79. The summed E-state index contributed by atoms with van der Waals surface area (Å²) < 4.78 is 45.6. The van der Waals surface area contributed by atoms with Crippen molar-refractivity contribution in [3.63, 3.8) is 0 Å². The van der Waals surface area contributed by atoms with Gasteiger partial charge in [-0.25, -0.2) is 13.8 Å². The van der Waals surface area contributed by atoms with Gasteiger partial charge in [0.05, 0.1) is 12.8 Å². The highest BCUT2D eigenvalue weighted by atomic mass is 31.1. The van der Waals surface area contributed by atoms with Crippen molar-refractivity contribution in [3.8, 4) is 5.75 Å². The molecule has 4 N–H and O–H groups in total. The van der Waals surface area contributed by atoms with Crippen molar-refractivity contribution in [3.05, 3.63) is 63.4 Å². The van der Waals surface area contributed by atoms with Crippen molar-refractivity contribution in [1.82, 2.24) is 14.9 Å². The van der Waals surface area contributed by atoms with Gasteiger partial charge in [0.15, 0.2) is 6.23 Å². The molecule has 0 radical (unpaired) electrons. The van der Waals surface area contributed by atoms with E-state index in [0.717, 1.165) is 23.8 Å². The maximum atomic E-state index is 15.1.